The Morgan fingerprint density at radius 1 is 1.17 bits per heavy atom. The second kappa shape index (κ2) is 9.69. The third-order valence-electron chi connectivity index (χ3n) is 5.25. The van der Waals surface area contributed by atoms with Gasteiger partial charge in [-0.3, -0.25) is 9.79 Å². The van der Waals surface area contributed by atoms with E-state index in [0.29, 0.717) is 19.0 Å². The van der Waals surface area contributed by atoms with Gasteiger partial charge in [0.25, 0.3) is 0 Å². The van der Waals surface area contributed by atoms with Gasteiger partial charge in [0.2, 0.25) is 5.91 Å². The molecule has 0 unspecified atom stereocenters. The number of carbonyl (C=O) groups is 1. The van der Waals surface area contributed by atoms with Crippen LogP contribution < -0.4 is 10.2 Å². The van der Waals surface area contributed by atoms with Gasteiger partial charge >= 0.3 is 0 Å². The van der Waals surface area contributed by atoms with Crippen LogP contribution in [-0.2, 0) is 18.4 Å². The summed E-state index contributed by atoms with van der Waals surface area (Å²) in [5, 5.41) is 3.93. The van der Waals surface area contributed by atoms with Crippen molar-refractivity contribution < 1.29 is 4.79 Å². The smallest absolute Gasteiger partial charge is 0.242 e. The Balaban J connectivity index is 1.46. The number of hydrogen-bond acceptors (Lipinski definition) is 3. The molecule has 0 atom stereocenters. The second-order valence-electron chi connectivity index (χ2n) is 7.21. The summed E-state index contributed by atoms with van der Waals surface area (Å²) in [5.41, 5.74) is 2.32. The molecule has 1 aliphatic heterocycles. The van der Waals surface area contributed by atoms with Crippen molar-refractivity contribution in [2.75, 3.05) is 51.7 Å². The Labute approximate surface area is 177 Å². The van der Waals surface area contributed by atoms with E-state index in [4.69, 9.17) is 11.6 Å². The summed E-state index contributed by atoms with van der Waals surface area (Å²) in [6.45, 7) is 4.01. The molecule has 1 N–H and O–H groups in total. The molecule has 0 bridgehead atoms. The number of nitrogens with zero attached hydrogens (tertiary/aromatic N) is 5. The first-order valence-electron chi connectivity index (χ1n) is 9.78. The number of hydrogen-bond donors (Lipinski definition) is 1. The van der Waals surface area contributed by atoms with Gasteiger partial charge < -0.3 is 24.6 Å². The summed E-state index contributed by atoms with van der Waals surface area (Å²) in [4.78, 5) is 23.2. The molecule has 1 fully saturated rings. The maximum Gasteiger partial charge on any atom is 0.242 e. The highest BCUT2D eigenvalue weighted by Gasteiger charge is 2.21. The number of aryl methyl sites for hydroxylation is 1. The van der Waals surface area contributed by atoms with Gasteiger partial charge in [0.05, 0.1) is 13.1 Å². The lowest BCUT2D eigenvalue weighted by atomic mass is 10.2. The number of nitrogens with one attached hydrogen (secondary N) is 1. The molecule has 1 amide bonds. The van der Waals surface area contributed by atoms with Crippen LogP contribution in [0.15, 0.2) is 47.6 Å². The van der Waals surface area contributed by atoms with Gasteiger partial charge in [0.15, 0.2) is 5.96 Å². The zero-order chi connectivity index (χ0) is 20.8. The fraction of sp³-hybridized carbons (Fsp3) is 0.429. The number of carbonyl (C=O) groups excluding carboxylic acids is 1. The third-order valence-corrected chi connectivity index (χ3v) is 5.50. The van der Waals surface area contributed by atoms with Crippen LogP contribution in [0.5, 0.6) is 0 Å². The van der Waals surface area contributed by atoms with Crippen molar-refractivity contribution >= 4 is 29.2 Å². The lowest BCUT2D eigenvalue weighted by Crippen LogP contribution is -2.52. The SMILES string of the molecule is CN=C(NCC(=O)N1CCN(c2ccc(Cl)cc2)CC1)N(C)Cc1cccn1C. The monoisotopic (exact) mass is 416 g/mol. The molecule has 7 nitrogen and oxygen atoms in total. The first-order valence-corrected chi connectivity index (χ1v) is 10.2. The maximum absolute atomic E-state index is 12.6. The number of aromatic nitrogens is 1. The Morgan fingerprint density at radius 2 is 1.86 bits per heavy atom. The fourth-order valence-corrected chi connectivity index (χ4v) is 3.62. The number of rotatable bonds is 5. The third kappa shape index (κ3) is 5.44. The minimum Gasteiger partial charge on any atom is -0.368 e. The molecule has 0 saturated carbocycles. The molecule has 1 saturated heterocycles. The van der Waals surface area contributed by atoms with E-state index >= 15 is 0 Å². The average molecular weight is 417 g/mol. The molecule has 29 heavy (non-hydrogen) atoms. The maximum atomic E-state index is 12.6. The lowest BCUT2D eigenvalue weighted by Gasteiger charge is -2.36. The van der Waals surface area contributed by atoms with E-state index in [1.54, 1.807) is 7.05 Å². The molecule has 0 radical (unpaired) electrons. The Morgan fingerprint density at radius 3 is 2.45 bits per heavy atom. The molecule has 0 spiro atoms. The molecule has 2 aromatic rings. The van der Waals surface area contributed by atoms with Crippen LogP contribution in [0, 0.1) is 0 Å². The summed E-state index contributed by atoms with van der Waals surface area (Å²) in [6, 6.07) is 11.9. The number of aliphatic imine (C=N–C) groups is 1. The van der Waals surface area contributed by atoms with Gasteiger partial charge in [-0.2, -0.15) is 0 Å². The van der Waals surface area contributed by atoms with E-state index in [1.165, 1.54) is 5.69 Å². The summed E-state index contributed by atoms with van der Waals surface area (Å²) < 4.78 is 2.08. The molecule has 0 aliphatic carbocycles. The van der Waals surface area contributed by atoms with E-state index in [1.807, 2.05) is 60.4 Å². The normalized spacial score (nSPS) is 14.8. The number of anilines is 1. The van der Waals surface area contributed by atoms with Crippen LogP contribution in [0.4, 0.5) is 5.69 Å². The van der Waals surface area contributed by atoms with Crippen LogP contribution in [0.1, 0.15) is 5.69 Å². The van der Waals surface area contributed by atoms with E-state index < -0.39 is 0 Å². The Hall–Kier alpha value is -2.67. The number of guanidine groups is 1. The zero-order valence-corrected chi connectivity index (χ0v) is 18.1. The van der Waals surface area contributed by atoms with Gasteiger partial charge in [-0.15, -0.1) is 0 Å². The highest BCUT2D eigenvalue weighted by molar-refractivity contribution is 6.30. The van der Waals surface area contributed by atoms with Crippen LogP contribution in [0.2, 0.25) is 5.02 Å². The van der Waals surface area contributed by atoms with Gasteiger partial charge in [-0.25, -0.2) is 0 Å². The van der Waals surface area contributed by atoms with Crippen molar-refractivity contribution in [3.05, 3.63) is 53.3 Å². The number of halogens is 1. The standard InChI is InChI=1S/C21H29ClN6O/c1-23-21(26(3)16-19-5-4-10-25(19)2)24-15-20(29)28-13-11-27(12-14-28)18-8-6-17(22)7-9-18/h4-10H,11-16H2,1-3H3,(H,23,24). The van der Waals surface area contributed by atoms with Crippen LogP contribution in [0.3, 0.4) is 0 Å². The van der Waals surface area contributed by atoms with Crippen LogP contribution >= 0.6 is 11.6 Å². The average Bonchev–Trinajstić information content (AvgIpc) is 3.13. The highest BCUT2D eigenvalue weighted by atomic mass is 35.5. The van der Waals surface area contributed by atoms with E-state index in [9.17, 15) is 4.79 Å². The quantitative estimate of drug-likeness (QED) is 0.598. The van der Waals surface area contributed by atoms with Gasteiger partial charge in [0.1, 0.15) is 0 Å². The summed E-state index contributed by atoms with van der Waals surface area (Å²) >= 11 is 5.96. The minimum atomic E-state index is 0.0918. The van der Waals surface area contributed by atoms with Crippen molar-refractivity contribution in [1.82, 2.24) is 19.7 Å². The van der Waals surface area contributed by atoms with E-state index in [2.05, 4.69) is 25.8 Å². The first kappa shape index (κ1) is 21.0. The van der Waals surface area contributed by atoms with Crippen molar-refractivity contribution in [2.45, 2.75) is 6.54 Å². The van der Waals surface area contributed by atoms with E-state index in [0.717, 1.165) is 30.3 Å². The van der Waals surface area contributed by atoms with Gasteiger partial charge in [-0.05, 0) is 36.4 Å². The number of benzene rings is 1. The second-order valence-corrected chi connectivity index (χ2v) is 7.65. The molecule has 156 valence electrons. The summed E-state index contributed by atoms with van der Waals surface area (Å²) in [6.07, 6.45) is 2.02. The molecule has 1 aromatic carbocycles. The predicted molar refractivity (Wildman–Crippen MR) is 118 cm³/mol. The first-order chi connectivity index (χ1) is 14.0. The summed E-state index contributed by atoms with van der Waals surface area (Å²) in [7, 11) is 5.73. The van der Waals surface area contributed by atoms with Crippen molar-refractivity contribution in [2.24, 2.45) is 12.0 Å². The largest absolute Gasteiger partial charge is 0.368 e. The van der Waals surface area contributed by atoms with Crippen LogP contribution in [0.25, 0.3) is 0 Å². The molecule has 3 rings (SSSR count). The molecule has 2 heterocycles. The Bertz CT molecular complexity index is 839. The fourth-order valence-electron chi connectivity index (χ4n) is 3.50. The predicted octanol–water partition coefficient (Wildman–Crippen LogP) is 2.03. The van der Waals surface area contributed by atoms with E-state index in [-0.39, 0.29) is 12.5 Å². The number of piperazine rings is 1. The molecule has 1 aromatic heterocycles. The van der Waals surface area contributed by atoms with Crippen molar-refractivity contribution in [3.63, 3.8) is 0 Å². The lowest BCUT2D eigenvalue weighted by molar-refractivity contribution is -0.130. The number of amides is 1. The summed E-state index contributed by atoms with van der Waals surface area (Å²) in [5.74, 6) is 0.800. The molecule has 1 aliphatic rings. The zero-order valence-electron chi connectivity index (χ0n) is 17.3. The topological polar surface area (TPSA) is 56.1 Å². The van der Waals surface area contributed by atoms with Crippen molar-refractivity contribution in [1.29, 1.82) is 0 Å². The molecule has 8 heteroatoms. The van der Waals surface area contributed by atoms with Gasteiger partial charge in [-0.1, -0.05) is 11.6 Å². The Kier molecular flexibility index (Phi) is 7.04. The molecular weight excluding hydrogens is 388 g/mol. The highest BCUT2D eigenvalue weighted by Crippen LogP contribution is 2.19. The molecular formula is C21H29ClN6O. The minimum absolute atomic E-state index is 0.0918. The van der Waals surface area contributed by atoms with Crippen LogP contribution in [-0.4, -0.2) is 73.1 Å². The van der Waals surface area contributed by atoms with Crippen molar-refractivity contribution in [3.8, 4) is 0 Å². The van der Waals surface area contributed by atoms with Gasteiger partial charge in [0, 0.05) is 69.9 Å².